The lowest BCUT2D eigenvalue weighted by atomic mass is 10.00. The van der Waals surface area contributed by atoms with Gasteiger partial charge in [0.2, 0.25) is 0 Å². The fourth-order valence-corrected chi connectivity index (χ4v) is 3.01. The van der Waals surface area contributed by atoms with Crippen LogP contribution in [0.3, 0.4) is 0 Å². The molecule has 0 aromatic heterocycles. The molecule has 1 aliphatic rings. The van der Waals surface area contributed by atoms with Crippen LogP contribution in [-0.4, -0.2) is 30.1 Å². The van der Waals surface area contributed by atoms with Crippen LogP contribution in [0.4, 0.5) is 4.39 Å². The van der Waals surface area contributed by atoms with E-state index in [4.69, 9.17) is 0 Å². The molecule has 2 nitrogen and oxygen atoms in total. The Hall–Kier alpha value is -0.640. The molecule has 0 spiro atoms. The Morgan fingerprint density at radius 2 is 1.74 bits per heavy atom. The number of benzene rings is 1. The molecule has 0 bridgehead atoms. The van der Waals surface area contributed by atoms with Crippen LogP contribution in [0.15, 0.2) is 24.3 Å². The summed E-state index contributed by atoms with van der Waals surface area (Å²) in [6.07, 6.45) is 1.06. The monoisotopic (exact) mass is 286 g/mol. The van der Waals surface area contributed by atoms with Gasteiger partial charge in [-0.05, 0) is 38.0 Å². The molecule has 0 radical (unpaired) electrons. The van der Waals surface area contributed by atoms with Gasteiger partial charge in [-0.25, -0.2) is 4.39 Å². The minimum atomic E-state index is -0.157. The summed E-state index contributed by atoms with van der Waals surface area (Å²) in [7, 11) is 0. The van der Waals surface area contributed by atoms with Gasteiger partial charge in [-0.15, -0.1) is 12.4 Å². The van der Waals surface area contributed by atoms with Crippen LogP contribution in [0, 0.1) is 5.82 Å². The third-order valence-electron chi connectivity index (χ3n) is 3.67. The fraction of sp³-hybridized carbons (Fsp3) is 0.600. The molecule has 1 saturated heterocycles. The van der Waals surface area contributed by atoms with Crippen molar-refractivity contribution in [3.05, 3.63) is 35.6 Å². The molecule has 0 saturated carbocycles. The maximum atomic E-state index is 13.0. The third kappa shape index (κ3) is 4.16. The second-order valence-corrected chi connectivity index (χ2v) is 5.40. The first-order valence-electron chi connectivity index (χ1n) is 6.85. The number of piperazine rings is 1. The number of nitrogens with zero attached hydrogens (tertiary/aromatic N) is 1. The van der Waals surface area contributed by atoms with Gasteiger partial charge in [0.05, 0.1) is 0 Å². The van der Waals surface area contributed by atoms with Crippen molar-refractivity contribution in [1.29, 1.82) is 0 Å². The highest BCUT2D eigenvalue weighted by Crippen LogP contribution is 2.26. The molecule has 1 aromatic carbocycles. The minimum Gasteiger partial charge on any atom is -0.309 e. The van der Waals surface area contributed by atoms with Gasteiger partial charge < -0.3 is 5.32 Å². The van der Waals surface area contributed by atoms with E-state index in [0.717, 1.165) is 19.5 Å². The van der Waals surface area contributed by atoms with Gasteiger partial charge in [-0.1, -0.05) is 19.1 Å². The summed E-state index contributed by atoms with van der Waals surface area (Å²) in [5, 5.41) is 3.55. The molecular formula is C15H24ClFN2. The van der Waals surface area contributed by atoms with E-state index < -0.39 is 0 Å². The van der Waals surface area contributed by atoms with Crippen LogP contribution in [0.25, 0.3) is 0 Å². The summed E-state index contributed by atoms with van der Waals surface area (Å²) in [6, 6.07) is 8.39. The standard InChI is InChI=1S/C15H23FN2.ClH/c1-4-15(13-5-7-14(16)8-6-13)18-9-11(2)17-12(3)10-18;/h5-8,11-12,15,17H,4,9-10H2,1-3H3;1H. The van der Waals surface area contributed by atoms with Crippen LogP contribution in [0.2, 0.25) is 0 Å². The van der Waals surface area contributed by atoms with Crippen molar-refractivity contribution in [3.63, 3.8) is 0 Å². The van der Waals surface area contributed by atoms with Crippen LogP contribution in [0.1, 0.15) is 38.8 Å². The van der Waals surface area contributed by atoms with Gasteiger partial charge in [0.1, 0.15) is 5.82 Å². The van der Waals surface area contributed by atoms with Crippen molar-refractivity contribution in [2.75, 3.05) is 13.1 Å². The third-order valence-corrected chi connectivity index (χ3v) is 3.67. The molecule has 0 amide bonds. The normalized spacial score (nSPS) is 25.7. The van der Waals surface area contributed by atoms with Crippen molar-refractivity contribution in [2.24, 2.45) is 0 Å². The summed E-state index contributed by atoms with van der Waals surface area (Å²) in [4.78, 5) is 2.51. The topological polar surface area (TPSA) is 15.3 Å². The molecule has 1 aromatic rings. The lowest BCUT2D eigenvalue weighted by Gasteiger charge is -2.41. The van der Waals surface area contributed by atoms with Crippen LogP contribution in [-0.2, 0) is 0 Å². The number of halogens is 2. The zero-order chi connectivity index (χ0) is 13.1. The van der Waals surface area contributed by atoms with E-state index in [-0.39, 0.29) is 18.2 Å². The summed E-state index contributed by atoms with van der Waals surface area (Å²) in [5.74, 6) is -0.157. The Morgan fingerprint density at radius 1 is 1.21 bits per heavy atom. The van der Waals surface area contributed by atoms with Crippen LogP contribution < -0.4 is 5.32 Å². The van der Waals surface area contributed by atoms with Crippen molar-refractivity contribution in [3.8, 4) is 0 Å². The van der Waals surface area contributed by atoms with Crippen molar-refractivity contribution >= 4 is 12.4 Å². The molecule has 0 aliphatic carbocycles. The first-order chi connectivity index (χ1) is 8.60. The Labute approximate surface area is 121 Å². The highest BCUT2D eigenvalue weighted by atomic mass is 35.5. The Kier molecular flexibility index (Phi) is 6.24. The maximum Gasteiger partial charge on any atom is 0.123 e. The molecule has 4 heteroatoms. The van der Waals surface area contributed by atoms with Crippen LogP contribution >= 0.6 is 12.4 Å². The van der Waals surface area contributed by atoms with E-state index in [1.165, 1.54) is 5.56 Å². The van der Waals surface area contributed by atoms with E-state index in [2.05, 4.69) is 31.0 Å². The number of rotatable bonds is 3. The number of hydrogen-bond donors (Lipinski definition) is 1. The highest BCUT2D eigenvalue weighted by molar-refractivity contribution is 5.85. The smallest absolute Gasteiger partial charge is 0.123 e. The van der Waals surface area contributed by atoms with E-state index in [1.807, 2.05) is 12.1 Å². The Morgan fingerprint density at radius 3 is 2.21 bits per heavy atom. The summed E-state index contributed by atoms with van der Waals surface area (Å²) < 4.78 is 13.0. The van der Waals surface area contributed by atoms with E-state index in [0.29, 0.717) is 18.1 Å². The largest absolute Gasteiger partial charge is 0.309 e. The van der Waals surface area contributed by atoms with Crippen LogP contribution in [0.5, 0.6) is 0 Å². The molecule has 1 fully saturated rings. The number of nitrogens with one attached hydrogen (secondary N) is 1. The SMILES string of the molecule is CCC(c1ccc(F)cc1)N1CC(C)NC(C)C1.Cl. The van der Waals surface area contributed by atoms with Crippen molar-refractivity contribution in [1.82, 2.24) is 10.2 Å². The molecule has 1 aliphatic heterocycles. The maximum absolute atomic E-state index is 13.0. The highest BCUT2D eigenvalue weighted by Gasteiger charge is 2.26. The second-order valence-electron chi connectivity index (χ2n) is 5.40. The lowest BCUT2D eigenvalue weighted by molar-refractivity contribution is 0.119. The van der Waals surface area contributed by atoms with Gasteiger partial charge >= 0.3 is 0 Å². The van der Waals surface area contributed by atoms with Crippen molar-refractivity contribution < 1.29 is 4.39 Å². The fourth-order valence-electron chi connectivity index (χ4n) is 3.01. The van der Waals surface area contributed by atoms with E-state index in [1.54, 1.807) is 12.1 Å². The summed E-state index contributed by atoms with van der Waals surface area (Å²) in [6.45, 7) is 8.76. The molecule has 3 unspecified atom stereocenters. The van der Waals surface area contributed by atoms with Gasteiger partial charge in [-0.3, -0.25) is 4.90 Å². The van der Waals surface area contributed by atoms with E-state index >= 15 is 0 Å². The average Bonchev–Trinajstić information content (AvgIpc) is 2.31. The van der Waals surface area contributed by atoms with Gasteiger partial charge in [-0.2, -0.15) is 0 Å². The quantitative estimate of drug-likeness (QED) is 0.916. The van der Waals surface area contributed by atoms with E-state index in [9.17, 15) is 4.39 Å². The lowest BCUT2D eigenvalue weighted by Crippen LogP contribution is -2.54. The molecule has 108 valence electrons. The first-order valence-corrected chi connectivity index (χ1v) is 6.85. The molecule has 19 heavy (non-hydrogen) atoms. The summed E-state index contributed by atoms with van der Waals surface area (Å²) >= 11 is 0. The Balaban J connectivity index is 0.00000180. The Bertz CT molecular complexity index is 372. The molecule has 3 atom stereocenters. The predicted octanol–water partition coefficient (Wildman–Crippen LogP) is 3.38. The zero-order valence-corrected chi connectivity index (χ0v) is 12.7. The molecular weight excluding hydrogens is 263 g/mol. The molecule has 2 rings (SSSR count). The minimum absolute atomic E-state index is 0. The summed E-state index contributed by atoms with van der Waals surface area (Å²) in [5.41, 5.74) is 1.22. The average molecular weight is 287 g/mol. The van der Waals surface area contributed by atoms with Gasteiger partial charge in [0, 0.05) is 31.2 Å². The number of hydrogen-bond acceptors (Lipinski definition) is 2. The second kappa shape index (κ2) is 7.22. The van der Waals surface area contributed by atoms with Gasteiger partial charge in [0.15, 0.2) is 0 Å². The first kappa shape index (κ1) is 16.4. The predicted molar refractivity (Wildman–Crippen MR) is 80.3 cm³/mol. The molecule has 1 heterocycles. The van der Waals surface area contributed by atoms with Gasteiger partial charge in [0.25, 0.3) is 0 Å². The zero-order valence-electron chi connectivity index (χ0n) is 11.9. The van der Waals surface area contributed by atoms with Crippen molar-refractivity contribution in [2.45, 2.75) is 45.3 Å². The molecule has 1 N–H and O–H groups in total.